The van der Waals surface area contributed by atoms with Crippen molar-refractivity contribution < 1.29 is 23.8 Å². The molecule has 1 amide bonds. The van der Waals surface area contributed by atoms with Crippen molar-refractivity contribution in [3.05, 3.63) is 29.6 Å². The van der Waals surface area contributed by atoms with E-state index in [1.54, 1.807) is 13.0 Å². The van der Waals surface area contributed by atoms with E-state index in [1.165, 1.54) is 19.2 Å². The van der Waals surface area contributed by atoms with Crippen molar-refractivity contribution in [2.24, 2.45) is 5.92 Å². The average Bonchev–Trinajstić information content (AvgIpc) is 2.44. The van der Waals surface area contributed by atoms with Crippen LogP contribution in [0.2, 0.25) is 0 Å². The van der Waals surface area contributed by atoms with Crippen LogP contribution in [0, 0.1) is 11.7 Å². The van der Waals surface area contributed by atoms with Gasteiger partial charge in [-0.15, -0.1) is 0 Å². The highest BCUT2D eigenvalue weighted by atomic mass is 19.1. The van der Waals surface area contributed by atoms with Crippen molar-refractivity contribution in [2.75, 3.05) is 7.11 Å². The van der Waals surface area contributed by atoms with Crippen molar-refractivity contribution in [1.29, 1.82) is 0 Å². The summed E-state index contributed by atoms with van der Waals surface area (Å²) in [5.74, 6) is -1.55. The number of aryl methyl sites for hydroxylation is 1. The number of hydrogen-bond acceptors (Lipinski definition) is 3. The number of carbonyl (C=O) groups is 2. The summed E-state index contributed by atoms with van der Waals surface area (Å²) in [6.45, 7) is 5.45. The second kappa shape index (κ2) is 7.94. The second-order valence-corrected chi connectivity index (χ2v) is 6.16. The fourth-order valence-corrected chi connectivity index (χ4v) is 2.21. The summed E-state index contributed by atoms with van der Waals surface area (Å²) >= 11 is 0. The number of carboxylic acid groups (broad SMARTS) is 1. The molecule has 0 heterocycles. The Kier molecular flexibility index (Phi) is 6.54. The molecule has 2 N–H and O–H groups in total. The number of rotatable bonds is 8. The van der Waals surface area contributed by atoms with Crippen LogP contribution in [0.1, 0.15) is 39.2 Å². The van der Waals surface area contributed by atoms with Gasteiger partial charge in [-0.2, -0.15) is 0 Å². The van der Waals surface area contributed by atoms with E-state index in [9.17, 15) is 14.0 Å². The Balaban J connectivity index is 2.65. The van der Waals surface area contributed by atoms with E-state index in [4.69, 9.17) is 9.84 Å². The molecule has 0 aliphatic carbocycles. The lowest BCUT2D eigenvalue weighted by molar-refractivity contribution is -0.139. The maximum absolute atomic E-state index is 13.6. The van der Waals surface area contributed by atoms with Gasteiger partial charge >= 0.3 is 5.97 Å². The van der Waals surface area contributed by atoms with Crippen LogP contribution in [0.4, 0.5) is 4.39 Å². The van der Waals surface area contributed by atoms with Crippen molar-refractivity contribution in [1.82, 2.24) is 5.32 Å². The van der Waals surface area contributed by atoms with E-state index in [2.05, 4.69) is 5.32 Å². The monoisotopic (exact) mass is 325 g/mol. The summed E-state index contributed by atoms with van der Waals surface area (Å²) in [5, 5.41) is 11.8. The van der Waals surface area contributed by atoms with E-state index in [0.29, 0.717) is 12.0 Å². The molecule has 0 fully saturated rings. The largest absolute Gasteiger partial charge is 0.494 e. The van der Waals surface area contributed by atoms with Crippen molar-refractivity contribution in [3.8, 4) is 5.75 Å². The topological polar surface area (TPSA) is 75.6 Å². The highest BCUT2D eigenvalue weighted by molar-refractivity contribution is 5.78. The van der Waals surface area contributed by atoms with Crippen LogP contribution in [0.25, 0.3) is 0 Å². The first kappa shape index (κ1) is 18.9. The highest BCUT2D eigenvalue weighted by Crippen LogP contribution is 2.22. The number of halogens is 1. The summed E-state index contributed by atoms with van der Waals surface area (Å²) in [6.07, 6.45) is 0.384. The molecule has 6 heteroatoms. The van der Waals surface area contributed by atoms with Crippen molar-refractivity contribution in [2.45, 2.75) is 45.6 Å². The second-order valence-electron chi connectivity index (χ2n) is 6.16. The minimum Gasteiger partial charge on any atom is -0.494 e. The lowest BCUT2D eigenvalue weighted by Crippen LogP contribution is -2.51. The fourth-order valence-electron chi connectivity index (χ4n) is 2.21. The number of hydrogen-bond donors (Lipinski definition) is 2. The van der Waals surface area contributed by atoms with Crippen LogP contribution in [-0.4, -0.2) is 29.6 Å². The van der Waals surface area contributed by atoms with Gasteiger partial charge in [-0.3, -0.25) is 9.59 Å². The third-order valence-corrected chi connectivity index (χ3v) is 4.07. The number of aliphatic carboxylic acids is 1. The van der Waals surface area contributed by atoms with Gasteiger partial charge in [0.15, 0.2) is 11.6 Å². The number of carbonyl (C=O) groups excluding carboxylic acids is 1. The lowest BCUT2D eigenvalue weighted by Gasteiger charge is -2.33. The first-order chi connectivity index (χ1) is 10.7. The van der Waals surface area contributed by atoms with E-state index >= 15 is 0 Å². The zero-order valence-electron chi connectivity index (χ0n) is 14.0. The molecule has 0 bridgehead atoms. The van der Waals surface area contributed by atoms with Crippen LogP contribution >= 0.6 is 0 Å². The highest BCUT2D eigenvalue weighted by Gasteiger charge is 2.32. The van der Waals surface area contributed by atoms with Gasteiger partial charge in [-0.1, -0.05) is 19.9 Å². The third-order valence-electron chi connectivity index (χ3n) is 4.07. The van der Waals surface area contributed by atoms with E-state index in [-0.39, 0.29) is 30.4 Å². The number of nitrogens with one attached hydrogen (secondary N) is 1. The molecular weight excluding hydrogens is 301 g/mol. The Labute approximate surface area is 135 Å². The molecule has 1 aromatic carbocycles. The van der Waals surface area contributed by atoms with Crippen LogP contribution < -0.4 is 10.1 Å². The first-order valence-corrected chi connectivity index (χ1v) is 7.53. The smallest absolute Gasteiger partial charge is 0.305 e. The van der Waals surface area contributed by atoms with Gasteiger partial charge in [0.25, 0.3) is 0 Å². The summed E-state index contributed by atoms with van der Waals surface area (Å²) in [4.78, 5) is 23.1. The number of ether oxygens (including phenoxy) is 1. The lowest BCUT2D eigenvalue weighted by atomic mass is 9.85. The third kappa shape index (κ3) is 5.54. The zero-order valence-corrected chi connectivity index (χ0v) is 14.0. The summed E-state index contributed by atoms with van der Waals surface area (Å²) < 4.78 is 18.4. The Morgan fingerprint density at radius 1 is 1.39 bits per heavy atom. The molecule has 1 rings (SSSR count). The van der Waals surface area contributed by atoms with Gasteiger partial charge in [0, 0.05) is 12.0 Å². The molecule has 1 aromatic rings. The summed E-state index contributed by atoms with van der Waals surface area (Å²) in [6, 6.07) is 4.56. The molecule has 0 saturated heterocycles. The molecule has 0 aliphatic rings. The van der Waals surface area contributed by atoms with Gasteiger partial charge in [-0.05, 0) is 37.0 Å². The molecule has 1 atom stereocenters. The Morgan fingerprint density at radius 2 is 2.04 bits per heavy atom. The molecule has 0 aliphatic heterocycles. The number of benzene rings is 1. The SMILES string of the molecule is COc1ccc(CCC(=O)NC(C)(CC(=O)O)C(C)C)cc1F. The van der Waals surface area contributed by atoms with Gasteiger partial charge in [0.1, 0.15) is 0 Å². The van der Waals surface area contributed by atoms with Crippen LogP contribution in [-0.2, 0) is 16.0 Å². The zero-order chi connectivity index (χ0) is 17.6. The summed E-state index contributed by atoms with van der Waals surface area (Å²) in [7, 11) is 1.39. The molecule has 0 aromatic heterocycles. The molecule has 23 heavy (non-hydrogen) atoms. The Morgan fingerprint density at radius 3 is 2.52 bits per heavy atom. The maximum atomic E-state index is 13.6. The quantitative estimate of drug-likeness (QED) is 0.770. The standard InChI is InChI=1S/C17H24FNO4/c1-11(2)17(3,10-16(21)22)19-15(20)8-6-12-5-7-14(23-4)13(18)9-12/h5,7,9,11H,6,8,10H2,1-4H3,(H,19,20)(H,21,22). The Hall–Kier alpha value is -2.11. The number of methoxy groups -OCH3 is 1. The van der Waals surface area contributed by atoms with E-state index in [0.717, 1.165) is 0 Å². The predicted molar refractivity (Wildman–Crippen MR) is 84.9 cm³/mol. The molecule has 5 nitrogen and oxygen atoms in total. The number of carboxylic acids is 1. The maximum Gasteiger partial charge on any atom is 0.305 e. The summed E-state index contributed by atoms with van der Waals surface area (Å²) in [5.41, 5.74) is -0.128. The van der Waals surface area contributed by atoms with Gasteiger partial charge in [0.2, 0.25) is 5.91 Å². The van der Waals surface area contributed by atoms with Gasteiger partial charge in [0.05, 0.1) is 13.5 Å². The van der Waals surface area contributed by atoms with Crippen molar-refractivity contribution in [3.63, 3.8) is 0 Å². The minimum atomic E-state index is -0.960. The molecule has 1 unspecified atom stereocenters. The molecule has 0 saturated carbocycles. The normalized spacial score (nSPS) is 13.5. The molecule has 128 valence electrons. The van der Waals surface area contributed by atoms with Crippen LogP contribution in [0.15, 0.2) is 18.2 Å². The van der Waals surface area contributed by atoms with Gasteiger partial charge in [-0.25, -0.2) is 4.39 Å². The van der Waals surface area contributed by atoms with Gasteiger partial charge < -0.3 is 15.2 Å². The Bertz CT molecular complexity index is 574. The molecule has 0 radical (unpaired) electrons. The molecular formula is C17H24FNO4. The molecule has 0 spiro atoms. The fraction of sp³-hybridized carbons (Fsp3) is 0.529. The van der Waals surface area contributed by atoms with E-state index in [1.807, 2.05) is 13.8 Å². The average molecular weight is 325 g/mol. The minimum absolute atomic E-state index is 0.0269. The van der Waals surface area contributed by atoms with Crippen LogP contribution in [0.5, 0.6) is 5.75 Å². The predicted octanol–water partition coefficient (Wildman–Crippen LogP) is 2.77. The van der Waals surface area contributed by atoms with Crippen LogP contribution in [0.3, 0.4) is 0 Å². The first-order valence-electron chi connectivity index (χ1n) is 7.53. The number of amides is 1. The van der Waals surface area contributed by atoms with Crippen molar-refractivity contribution >= 4 is 11.9 Å². The van der Waals surface area contributed by atoms with E-state index < -0.39 is 17.3 Å².